The van der Waals surface area contributed by atoms with E-state index in [9.17, 15) is 4.79 Å². The number of carbonyl (C=O) groups excluding carboxylic acids is 1. The summed E-state index contributed by atoms with van der Waals surface area (Å²) in [5.74, 6) is 1.37. The Labute approximate surface area is 123 Å². The molecule has 0 radical (unpaired) electrons. The fourth-order valence-corrected chi connectivity index (χ4v) is 2.64. The quantitative estimate of drug-likeness (QED) is 0.942. The van der Waals surface area contributed by atoms with Crippen LogP contribution in [-0.4, -0.2) is 22.3 Å². The Kier molecular flexibility index (Phi) is 3.64. The van der Waals surface area contributed by atoms with Crippen molar-refractivity contribution in [3.05, 3.63) is 41.6 Å². The van der Waals surface area contributed by atoms with E-state index in [1.165, 1.54) is 0 Å². The standard InChI is InChI=1S/C16H19N3O2/c1-3-11-10-15(19(2)18-11)17-16(20)13-8-9-21-14-7-5-4-6-12(13)14/h4-7,10,13H,3,8-9H2,1-2H3,(H,17,20). The van der Waals surface area contributed by atoms with Gasteiger partial charge in [-0.25, -0.2) is 0 Å². The van der Waals surface area contributed by atoms with Crippen molar-refractivity contribution in [2.24, 2.45) is 7.05 Å². The highest BCUT2D eigenvalue weighted by atomic mass is 16.5. The van der Waals surface area contributed by atoms with Crippen LogP contribution in [0, 0.1) is 0 Å². The van der Waals surface area contributed by atoms with Crippen molar-refractivity contribution >= 4 is 11.7 Å². The Bertz CT molecular complexity index is 663. The number of benzene rings is 1. The molecule has 110 valence electrons. The summed E-state index contributed by atoms with van der Waals surface area (Å²) < 4.78 is 7.31. The van der Waals surface area contributed by atoms with Crippen molar-refractivity contribution in [1.29, 1.82) is 0 Å². The van der Waals surface area contributed by atoms with E-state index >= 15 is 0 Å². The molecular weight excluding hydrogens is 266 g/mol. The lowest BCUT2D eigenvalue weighted by Gasteiger charge is -2.24. The molecule has 2 heterocycles. The van der Waals surface area contributed by atoms with Gasteiger partial charge in [-0.15, -0.1) is 0 Å². The second-order valence-corrected chi connectivity index (χ2v) is 5.21. The second kappa shape index (κ2) is 5.60. The molecule has 1 aromatic carbocycles. The molecule has 1 aliphatic heterocycles. The minimum Gasteiger partial charge on any atom is -0.493 e. The van der Waals surface area contributed by atoms with Crippen molar-refractivity contribution in [3.8, 4) is 5.75 Å². The molecule has 0 spiro atoms. The van der Waals surface area contributed by atoms with E-state index in [2.05, 4.69) is 10.4 Å². The van der Waals surface area contributed by atoms with E-state index in [1.807, 2.05) is 44.3 Å². The number of aromatic nitrogens is 2. The molecule has 0 fully saturated rings. The molecule has 0 saturated carbocycles. The summed E-state index contributed by atoms with van der Waals surface area (Å²) in [5.41, 5.74) is 1.93. The predicted molar refractivity (Wildman–Crippen MR) is 80.5 cm³/mol. The number of nitrogens with zero attached hydrogens (tertiary/aromatic N) is 2. The zero-order valence-corrected chi connectivity index (χ0v) is 12.3. The average Bonchev–Trinajstić information content (AvgIpc) is 2.87. The fraction of sp³-hybridized carbons (Fsp3) is 0.375. The molecule has 5 heteroatoms. The zero-order chi connectivity index (χ0) is 14.8. The number of fused-ring (bicyclic) bond motifs is 1. The van der Waals surface area contributed by atoms with E-state index in [0.717, 1.165) is 29.2 Å². The number of hydrogen-bond acceptors (Lipinski definition) is 3. The molecule has 1 N–H and O–H groups in total. The number of aryl methyl sites for hydroxylation is 2. The molecule has 1 aliphatic rings. The molecule has 5 nitrogen and oxygen atoms in total. The molecule has 1 atom stereocenters. The Morgan fingerprint density at radius 3 is 3.05 bits per heavy atom. The van der Waals surface area contributed by atoms with Crippen molar-refractivity contribution in [1.82, 2.24) is 9.78 Å². The van der Waals surface area contributed by atoms with Crippen LogP contribution in [0.2, 0.25) is 0 Å². The number of anilines is 1. The first-order valence-electron chi connectivity index (χ1n) is 7.24. The van der Waals surface area contributed by atoms with Gasteiger partial charge in [0.15, 0.2) is 0 Å². The first-order valence-corrected chi connectivity index (χ1v) is 7.24. The van der Waals surface area contributed by atoms with Gasteiger partial charge in [0, 0.05) is 18.7 Å². The molecule has 0 aliphatic carbocycles. The number of carbonyl (C=O) groups is 1. The molecule has 1 unspecified atom stereocenters. The fourth-order valence-electron chi connectivity index (χ4n) is 2.64. The van der Waals surface area contributed by atoms with Gasteiger partial charge in [0.05, 0.1) is 18.2 Å². The third-order valence-electron chi connectivity index (χ3n) is 3.82. The maximum atomic E-state index is 12.6. The van der Waals surface area contributed by atoms with Crippen LogP contribution in [0.15, 0.2) is 30.3 Å². The molecule has 3 rings (SSSR count). The lowest BCUT2D eigenvalue weighted by molar-refractivity contribution is -0.118. The summed E-state index contributed by atoms with van der Waals surface area (Å²) in [4.78, 5) is 12.6. The van der Waals surface area contributed by atoms with Crippen molar-refractivity contribution in [2.45, 2.75) is 25.7 Å². The normalized spacial score (nSPS) is 17.0. The third kappa shape index (κ3) is 2.63. The molecule has 2 aromatic rings. The van der Waals surface area contributed by atoms with Gasteiger partial charge >= 0.3 is 0 Å². The van der Waals surface area contributed by atoms with E-state index in [1.54, 1.807) is 4.68 Å². The molecule has 0 bridgehead atoms. The van der Waals surface area contributed by atoms with Gasteiger partial charge in [-0.1, -0.05) is 25.1 Å². The minimum atomic E-state index is -0.171. The summed E-state index contributed by atoms with van der Waals surface area (Å²) in [6.07, 6.45) is 1.55. The summed E-state index contributed by atoms with van der Waals surface area (Å²) >= 11 is 0. The van der Waals surface area contributed by atoms with Crippen molar-refractivity contribution in [2.75, 3.05) is 11.9 Å². The van der Waals surface area contributed by atoms with Crippen LogP contribution in [0.4, 0.5) is 5.82 Å². The summed E-state index contributed by atoms with van der Waals surface area (Å²) in [5, 5.41) is 7.33. The van der Waals surface area contributed by atoms with Gasteiger partial charge in [0.2, 0.25) is 5.91 Å². The maximum Gasteiger partial charge on any atom is 0.233 e. The van der Waals surface area contributed by atoms with Gasteiger partial charge in [0.25, 0.3) is 0 Å². The topological polar surface area (TPSA) is 56.1 Å². The van der Waals surface area contributed by atoms with Gasteiger partial charge in [-0.2, -0.15) is 5.10 Å². The highest BCUT2D eigenvalue weighted by molar-refractivity contribution is 5.95. The number of nitrogens with one attached hydrogen (secondary N) is 1. The van der Waals surface area contributed by atoms with E-state index in [0.29, 0.717) is 13.0 Å². The average molecular weight is 285 g/mol. The lowest BCUT2D eigenvalue weighted by Crippen LogP contribution is -2.27. The van der Waals surface area contributed by atoms with Gasteiger partial charge in [0.1, 0.15) is 11.6 Å². The smallest absolute Gasteiger partial charge is 0.233 e. The molecule has 21 heavy (non-hydrogen) atoms. The SMILES string of the molecule is CCc1cc(NC(=O)C2CCOc3ccccc32)n(C)n1. The van der Waals surface area contributed by atoms with Gasteiger partial charge < -0.3 is 10.1 Å². The molecule has 1 aromatic heterocycles. The Hall–Kier alpha value is -2.30. The predicted octanol–water partition coefficient (Wildman–Crippen LogP) is 2.49. The number of hydrogen-bond donors (Lipinski definition) is 1. The summed E-state index contributed by atoms with van der Waals surface area (Å²) in [6, 6.07) is 9.65. The highest BCUT2D eigenvalue weighted by Crippen LogP contribution is 2.34. The van der Waals surface area contributed by atoms with Crippen LogP contribution in [0.5, 0.6) is 5.75 Å². The zero-order valence-electron chi connectivity index (χ0n) is 12.3. The van der Waals surface area contributed by atoms with Gasteiger partial charge in [-0.3, -0.25) is 9.48 Å². The largest absolute Gasteiger partial charge is 0.493 e. The van der Waals surface area contributed by atoms with E-state index < -0.39 is 0 Å². The van der Waals surface area contributed by atoms with Crippen LogP contribution in [0.1, 0.15) is 30.5 Å². The first-order chi connectivity index (χ1) is 10.2. The number of para-hydroxylation sites is 1. The number of amides is 1. The lowest BCUT2D eigenvalue weighted by atomic mass is 9.92. The summed E-state index contributed by atoms with van der Waals surface area (Å²) in [6.45, 7) is 2.61. The number of ether oxygens (including phenoxy) is 1. The second-order valence-electron chi connectivity index (χ2n) is 5.21. The molecule has 0 saturated heterocycles. The van der Waals surface area contributed by atoms with Crippen molar-refractivity contribution in [3.63, 3.8) is 0 Å². The van der Waals surface area contributed by atoms with Crippen LogP contribution in [-0.2, 0) is 18.3 Å². The third-order valence-corrected chi connectivity index (χ3v) is 3.82. The Balaban J connectivity index is 1.81. The Morgan fingerprint density at radius 2 is 2.29 bits per heavy atom. The molecule has 1 amide bonds. The number of rotatable bonds is 3. The Morgan fingerprint density at radius 1 is 1.48 bits per heavy atom. The maximum absolute atomic E-state index is 12.6. The monoisotopic (exact) mass is 285 g/mol. The highest BCUT2D eigenvalue weighted by Gasteiger charge is 2.27. The van der Waals surface area contributed by atoms with Crippen LogP contribution in [0.3, 0.4) is 0 Å². The van der Waals surface area contributed by atoms with Crippen molar-refractivity contribution < 1.29 is 9.53 Å². The van der Waals surface area contributed by atoms with E-state index in [-0.39, 0.29) is 11.8 Å². The summed E-state index contributed by atoms with van der Waals surface area (Å²) in [7, 11) is 1.84. The van der Waals surface area contributed by atoms with Gasteiger partial charge in [-0.05, 0) is 18.9 Å². The van der Waals surface area contributed by atoms with E-state index in [4.69, 9.17) is 4.74 Å². The minimum absolute atomic E-state index is 0.00333. The van der Waals surface area contributed by atoms with Crippen LogP contribution >= 0.6 is 0 Å². The van der Waals surface area contributed by atoms with Crippen LogP contribution < -0.4 is 10.1 Å². The van der Waals surface area contributed by atoms with Crippen LogP contribution in [0.25, 0.3) is 0 Å². The molecular formula is C16H19N3O2. The first kappa shape index (κ1) is 13.7.